The highest BCUT2D eigenvalue weighted by atomic mass is 35.5. The van der Waals surface area contributed by atoms with Gasteiger partial charge in [0.05, 0.1) is 0 Å². The van der Waals surface area contributed by atoms with E-state index >= 15 is 0 Å². The van der Waals surface area contributed by atoms with Gasteiger partial charge in [-0.25, -0.2) is 4.79 Å². The lowest BCUT2D eigenvalue weighted by molar-refractivity contribution is -0.144. The minimum Gasteiger partial charge on any atom is -0.490 e. The molecule has 2 fully saturated rings. The summed E-state index contributed by atoms with van der Waals surface area (Å²) in [6.45, 7) is 0.597. The molecule has 3 amide bonds. The van der Waals surface area contributed by atoms with Gasteiger partial charge in [-0.3, -0.25) is 14.5 Å². The summed E-state index contributed by atoms with van der Waals surface area (Å²) in [7, 11) is 0. The lowest BCUT2D eigenvalue weighted by Gasteiger charge is -2.19. The predicted molar refractivity (Wildman–Crippen MR) is 98.6 cm³/mol. The zero-order valence-electron chi connectivity index (χ0n) is 15.0. The van der Waals surface area contributed by atoms with Gasteiger partial charge in [-0.2, -0.15) is 0 Å². The number of ether oxygens (including phenoxy) is 2. The van der Waals surface area contributed by atoms with Gasteiger partial charge in [0.25, 0.3) is 5.91 Å². The Morgan fingerprint density at radius 3 is 2.56 bits per heavy atom. The monoisotopic (exact) mass is 394 g/mol. The van der Waals surface area contributed by atoms with Crippen molar-refractivity contribution in [2.75, 3.05) is 19.8 Å². The Hall–Kier alpha value is -2.28. The molecule has 0 atom stereocenters. The van der Waals surface area contributed by atoms with Crippen LogP contribution < -0.4 is 10.1 Å². The molecular weight excluding hydrogens is 372 g/mol. The molecule has 1 aromatic rings. The number of nitrogens with one attached hydrogen (secondary N) is 1. The van der Waals surface area contributed by atoms with Gasteiger partial charge in [-0.1, -0.05) is 24.4 Å². The normalized spacial score (nSPS) is 18.0. The summed E-state index contributed by atoms with van der Waals surface area (Å²) in [6, 6.07) is 6.55. The standard InChI is InChI=1S/C19H23ClN2O5/c20-14-5-7-15(8-6-14)26-12-13-27-16(23)4-3-11-22-17(24)19(21-18(22)25)9-1-2-10-19/h5-8H,1-4,9-13H2,(H,21,25). The lowest BCUT2D eigenvalue weighted by Crippen LogP contribution is -2.44. The second-order valence-corrected chi connectivity index (χ2v) is 7.24. The summed E-state index contributed by atoms with van der Waals surface area (Å²) >= 11 is 5.79. The summed E-state index contributed by atoms with van der Waals surface area (Å²) in [6.07, 6.45) is 3.82. The Balaban J connectivity index is 1.32. The fourth-order valence-electron chi connectivity index (χ4n) is 3.50. The highest BCUT2D eigenvalue weighted by molar-refractivity contribution is 6.30. The van der Waals surface area contributed by atoms with Gasteiger partial charge >= 0.3 is 12.0 Å². The van der Waals surface area contributed by atoms with E-state index < -0.39 is 5.54 Å². The van der Waals surface area contributed by atoms with E-state index in [1.54, 1.807) is 24.3 Å². The molecule has 27 heavy (non-hydrogen) atoms. The maximum Gasteiger partial charge on any atom is 0.325 e. The molecule has 0 unspecified atom stereocenters. The highest BCUT2D eigenvalue weighted by Crippen LogP contribution is 2.35. The van der Waals surface area contributed by atoms with Crippen molar-refractivity contribution in [3.05, 3.63) is 29.3 Å². The van der Waals surface area contributed by atoms with Crippen LogP contribution in [0, 0.1) is 0 Å². The predicted octanol–water partition coefficient (Wildman–Crippen LogP) is 2.91. The minimum absolute atomic E-state index is 0.133. The number of nitrogens with zero attached hydrogens (tertiary/aromatic N) is 1. The van der Waals surface area contributed by atoms with Gasteiger partial charge in [-0.05, 0) is 43.5 Å². The van der Waals surface area contributed by atoms with Gasteiger partial charge in [-0.15, -0.1) is 0 Å². The van der Waals surface area contributed by atoms with E-state index in [4.69, 9.17) is 21.1 Å². The molecule has 1 aromatic carbocycles. The maximum absolute atomic E-state index is 12.5. The first-order chi connectivity index (χ1) is 13.0. The SMILES string of the molecule is O=C(CCCN1C(=O)NC2(CCCC2)C1=O)OCCOc1ccc(Cl)cc1. The molecule has 1 aliphatic heterocycles. The fraction of sp³-hybridized carbons (Fsp3) is 0.526. The molecule has 2 aliphatic rings. The van der Waals surface area contributed by atoms with Crippen LogP contribution in [0.4, 0.5) is 4.79 Å². The van der Waals surface area contributed by atoms with Gasteiger partial charge in [0, 0.05) is 18.0 Å². The first-order valence-corrected chi connectivity index (χ1v) is 9.56. The number of urea groups is 1. The van der Waals surface area contributed by atoms with Crippen molar-refractivity contribution >= 4 is 29.5 Å². The average Bonchev–Trinajstić information content (AvgIpc) is 3.21. The summed E-state index contributed by atoms with van der Waals surface area (Å²) in [5.41, 5.74) is -0.698. The lowest BCUT2D eigenvalue weighted by atomic mass is 9.98. The molecule has 1 aliphatic carbocycles. The molecule has 0 bridgehead atoms. The zero-order valence-corrected chi connectivity index (χ0v) is 15.8. The van der Waals surface area contributed by atoms with Crippen molar-refractivity contribution in [3.63, 3.8) is 0 Å². The summed E-state index contributed by atoms with van der Waals surface area (Å²) in [5.74, 6) is 0.113. The van der Waals surface area contributed by atoms with Crippen LogP contribution >= 0.6 is 11.6 Å². The topological polar surface area (TPSA) is 84.9 Å². The highest BCUT2D eigenvalue weighted by Gasteiger charge is 2.51. The third kappa shape index (κ3) is 4.71. The fourth-order valence-corrected chi connectivity index (χ4v) is 3.62. The molecule has 1 spiro atoms. The van der Waals surface area contributed by atoms with Crippen LogP contribution in [0.25, 0.3) is 0 Å². The van der Waals surface area contributed by atoms with Crippen LogP contribution in [0.1, 0.15) is 38.5 Å². The second kappa shape index (κ2) is 8.61. The van der Waals surface area contributed by atoms with Crippen LogP contribution in [0.5, 0.6) is 5.75 Å². The molecule has 0 radical (unpaired) electrons. The van der Waals surface area contributed by atoms with Crippen LogP contribution in [0.2, 0.25) is 5.02 Å². The van der Waals surface area contributed by atoms with E-state index in [9.17, 15) is 14.4 Å². The number of carbonyl (C=O) groups is 3. The number of imide groups is 1. The largest absolute Gasteiger partial charge is 0.490 e. The molecule has 3 rings (SSSR count). The Bertz CT molecular complexity index is 701. The smallest absolute Gasteiger partial charge is 0.325 e. The molecule has 7 nitrogen and oxygen atoms in total. The molecule has 1 N–H and O–H groups in total. The van der Waals surface area contributed by atoms with Crippen molar-refractivity contribution in [1.29, 1.82) is 0 Å². The summed E-state index contributed by atoms with van der Waals surface area (Å²) in [4.78, 5) is 37.5. The maximum atomic E-state index is 12.5. The summed E-state index contributed by atoms with van der Waals surface area (Å²) < 4.78 is 10.5. The average molecular weight is 395 g/mol. The van der Waals surface area contributed by atoms with Crippen molar-refractivity contribution < 1.29 is 23.9 Å². The van der Waals surface area contributed by atoms with Crippen molar-refractivity contribution in [2.24, 2.45) is 0 Å². The first-order valence-electron chi connectivity index (χ1n) is 9.18. The Labute approximate surface area is 162 Å². The number of carbonyl (C=O) groups excluding carboxylic acids is 3. The second-order valence-electron chi connectivity index (χ2n) is 6.80. The van der Waals surface area contributed by atoms with Crippen LogP contribution in [-0.2, 0) is 14.3 Å². The van der Waals surface area contributed by atoms with Crippen LogP contribution in [0.15, 0.2) is 24.3 Å². The quantitative estimate of drug-likeness (QED) is 0.416. The Kier molecular flexibility index (Phi) is 6.21. The molecule has 1 saturated heterocycles. The molecule has 0 aromatic heterocycles. The van der Waals surface area contributed by atoms with E-state index in [0.717, 1.165) is 12.8 Å². The third-order valence-corrected chi connectivity index (χ3v) is 5.15. The number of rotatable bonds is 8. The number of benzene rings is 1. The van der Waals surface area contributed by atoms with Gasteiger partial charge in [0.2, 0.25) is 0 Å². The molecule has 1 heterocycles. The van der Waals surface area contributed by atoms with Crippen molar-refractivity contribution in [2.45, 2.75) is 44.1 Å². The molecule has 8 heteroatoms. The van der Waals surface area contributed by atoms with Crippen molar-refractivity contribution in [1.82, 2.24) is 10.2 Å². The number of esters is 1. The molecule has 146 valence electrons. The molecule has 1 saturated carbocycles. The van der Waals surface area contributed by atoms with Gasteiger partial charge in [0.1, 0.15) is 24.5 Å². The Morgan fingerprint density at radius 1 is 1.15 bits per heavy atom. The Morgan fingerprint density at radius 2 is 1.85 bits per heavy atom. The van der Waals surface area contributed by atoms with Gasteiger partial charge < -0.3 is 14.8 Å². The van der Waals surface area contributed by atoms with E-state index in [1.807, 2.05) is 0 Å². The van der Waals surface area contributed by atoms with Crippen LogP contribution in [-0.4, -0.2) is 48.1 Å². The number of amides is 3. The minimum atomic E-state index is -0.698. The number of halogens is 1. The number of hydrogen-bond donors (Lipinski definition) is 1. The van der Waals surface area contributed by atoms with E-state index in [1.165, 1.54) is 4.90 Å². The van der Waals surface area contributed by atoms with Crippen LogP contribution in [0.3, 0.4) is 0 Å². The van der Waals surface area contributed by atoms with E-state index in [2.05, 4.69) is 5.32 Å². The van der Waals surface area contributed by atoms with Gasteiger partial charge in [0.15, 0.2) is 0 Å². The number of hydrogen-bond acceptors (Lipinski definition) is 5. The third-order valence-electron chi connectivity index (χ3n) is 4.89. The van der Waals surface area contributed by atoms with E-state index in [-0.39, 0.29) is 44.1 Å². The molecular formula is C19H23ClN2O5. The van der Waals surface area contributed by atoms with E-state index in [0.29, 0.717) is 30.0 Å². The summed E-state index contributed by atoms with van der Waals surface area (Å²) in [5, 5.41) is 3.45. The van der Waals surface area contributed by atoms with Crippen molar-refractivity contribution in [3.8, 4) is 5.75 Å². The zero-order chi connectivity index (χ0) is 19.3. The first kappa shape index (κ1) is 19.5.